The van der Waals surface area contributed by atoms with Crippen LogP contribution in [0.3, 0.4) is 0 Å². The number of rotatable bonds is 0. The van der Waals surface area contributed by atoms with E-state index < -0.39 is 0 Å². The molecule has 1 aromatic rings. The van der Waals surface area contributed by atoms with Crippen molar-refractivity contribution in [3.8, 4) is 12.3 Å². The quantitative estimate of drug-likeness (QED) is 0.559. The van der Waals surface area contributed by atoms with E-state index in [1.807, 2.05) is 0 Å². The molecule has 43 valence electrons. The van der Waals surface area contributed by atoms with Gasteiger partial charge in [-0.15, -0.1) is 6.42 Å². The summed E-state index contributed by atoms with van der Waals surface area (Å²) in [6.07, 6.45) is 9.07. The van der Waals surface area contributed by atoms with E-state index in [1.54, 1.807) is 0 Å². The Labute approximate surface area is 61.5 Å². The second kappa shape index (κ2) is 2.60. The Bertz CT molecular complexity index is 251. The van der Waals surface area contributed by atoms with Crippen LogP contribution in [0.2, 0.25) is 0 Å². The van der Waals surface area contributed by atoms with Crippen LogP contribution in [0, 0.1) is 18.5 Å². The van der Waals surface area contributed by atoms with Crippen molar-refractivity contribution in [3.63, 3.8) is 0 Å². The highest BCUT2D eigenvalue weighted by Gasteiger charge is 1.89. The molecule has 0 amide bonds. The molecule has 1 heterocycles. The molecule has 0 unspecified atom stereocenters. The van der Waals surface area contributed by atoms with Crippen molar-refractivity contribution < 1.29 is 0 Å². The maximum absolute atomic E-state index is 5.01. The average molecular weight is 182 g/mol. The van der Waals surface area contributed by atoms with Crippen LogP contribution in [0.5, 0.6) is 0 Å². The molecule has 1 aromatic heterocycles. The van der Waals surface area contributed by atoms with Crippen LogP contribution in [0.4, 0.5) is 0 Å². The molecule has 0 bridgehead atoms. The first-order chi connectivity index (χ1) is 4.33. The van der Waals surface area contributed by atoms with E-state index in [2.05, 4.69) is 38.0 Å². The molecule has 3 heteroatoms. The normalized spacial score (nSPS) is 8.44. The molecule has 1 rings (SSSR count). The lowest BCUT2D eigenvalue weighted by atomic mass is 10.5. The molecule has 2 nitrogen and oxygen atoms in total. The summed E-state index contributed by atoms with van der Waals surface area (Å²) in [7, 11) is 0. The third kappa shape index (κ3) is 1.51. The Kier molecular flexibility index (Phi) is 1.81. The van der Waals surface area contributed by atoms with Crippen LogP contribution in [-0.4, -0.2) is 9.97 Å². The summed E-state index contributed by atoms with van der Waals surface area (Å²) in [4.78, 5) is 7.53. The highest BCUT2D eigenvalue weighted by Crippen LogP contribution is 2.01. The minimum Gasteiger partial charge on any atom is -0.249 e. The van der Waals surface area contributed by atoms with Crippen molar-refractivity contribution in [2.75, 3.05) is 0 Å². The number of halogens is 1. The summed E-state index contributed by atoms with van der Waals surface area (Å²) in [5, 5.41) is 0. The summed E-state index contributed by atoms with van der Waals surface area (Å²) in [6, 6.07) is 0. The molecule has 0 saturated carbocycles. The number of terminal acetylenes is 1. The van der Waals surface area contributed by atoms with Gasteiger partial charge in [0, 0.05) is 0 Å². The summed E-state index contributed by atoms with van der Waals surface area (Å²) < 4.78 is 0.634. The molecule has 0 saturated heterocycles. The Hall–Kier alpha value is -0.880. The second-order valence-corrected chi connectivity index (χ2v) is 2.11. The van der Waals surface area contributed by atoms with E-state index in [4.69, 9.17) is 6.42 Å². The third-order valence-electron chi connectivity index (χ3n) is 0.697. The van der Waals surface area contributed by atoms with Crippen molar-refractivity contribution in [2.45, 2.75) is 0 Å². The molecule has 0 fully saturated rings. The average Bonchev–Trinajstić information content (AvgIpc) is 1.88. The second-order valence-electron chi connectivity index (χ2n) is 1.30. The highest BCUT2D eigenvalue weighted by atomic mass is 79.9. The molecule has 0 aromatic carbocycles. The summed E-state index contributed by atoms with van der Waals surface area (Å²) in [5.74, 6) is 2.31. The van der Waals surface area contributed by atoms with Crippen molar-refractivity contribution in [1.82, 2.24) is 9.97 Å². The summed E-state index contributed by atoms with van der Waals surface area (Å²) in [5.41, 5.74) is 0.421. The van der Waals surface area contributed by atoms with Gasteiger partial charge in [0.25, 0.3) is 0 Å². The molecule has 0 N–H and O–H groups in total. The molecule has 0 spiro atoms. The highest BCUT2D eigenvalue weighted by molar-refractivity contribution is 9.10. The van der Waals surface area contributed by atoms with Gasteiger partial charge in [0.2, 0.25) is 0 Å². The lowest BCUT2D eigenvalue weighted by molar-refractivity contribution is 1.13. The predicted octanol–water partition coefficient (Wildman–Crippen LogP) is 1.02. The molecular weight excluding hydrogens is 180 g/mol. The Balaban J connectivity index is 3.12. The predicted molar refractivity (Wildman–Crippen MR) is 36.5 cm³/mol. The molecule has 0 aliphatic rings. The Morgan fingerprint density at radius 1 is 1.78 bits per heavy atom. The monoisotopic (exact) mass is 181 g/mol. The summed E-state index contributed by atoms with van der Waals surface area (Å²) >= 11 is 3.11. The van der Waals surface area contributed by atoms with Crippen molar-refractivity contribution in [1.29, 1.82) is 0 Å². The standard InChI is InChI=1S/C6H2BrN2/c1-2-5-3-8-4-6(7)9-5/h1,4H. The third-order valence-corrected chi connectivity index (χ3v) is 1.08. The van der Waals surface area contributed by atoms with Gasteiger partial charge in [-0.3, -0.25) is 0 Å². The lowest BCUT2D eigenvalue weighted by Crippen LogP contribution is -1.84. The van der Waals surface area contributed by atoms with Gasteiger partial charge in [-0.2, -0.15) is 0 Å². The van der Waals surface area contributed by atoms with Crippen molar-refractivity contribution in [3.05, 3.63) is 22.7 Å². The van der Waals surface area contributed by atoms with Gasteiger partial charge in [0.05, 0.1) is 6.20 Å². The van der Waals surface area contributed by atoms with Gasteiger partial charge >= 0.3 is 0 Å². The number of hydrogen-bond donors (Lipinski definition) is 0. The van der Waals surface area contributed by atoms with E-state index in [9.17, 15) is 0 Å². The van der Waals surface area contributed by atoms with E-state index in [-0.39, 0.29) is 0 Å². The maximum Gasteiger partial charge on any atom is 0.142 e. The fourth-order valence-electron chi connectivity index (χ4n) is 0.372. The van der Waals surface area contributed by atoms with Crippen LogP contribution in [-0.2, 0) is 0 Å². The Morgan fingerprint density at radius 3 is 3.00 bits per heavy atom. The molecule has 9 heavy (non-hydrogen) atoms. The first kappa shape index (κ1) is 6.24. The van der Waals surface area contributed by atoms with Crippen LogP contribution in [0.1, 0.15) is 5.69 Å². The molecule has 1 radical (unpaired) electrons. The van der Waals surface area contributed by atoms with Gasteiger partial charge in [0.1, 0.15) is 16.5 Å². The first-order valence-corrected chi connectivity index (χ1v) is 2.99. The van der Waals surface area contributed by atoms with Crippen LogP contribution < -0.4 is 0 Å². The molecule has 0 atom stereocenters. The van der Waals surface area contributed by atoms with Crippen molar-refractivity contribution >= 4 is 15.9 Å². The minimum atomic E-state index is 0.421. The number of aromatic nitrogens is 2. The topological polar surface area (TPSA) is 25.8 Å². The van der Waals surface area contributed by atoms with E-state index in [0.717, 1.165) is 0 Å². The van der Waals surface area contributed by atoms with E-state index >= 15 is 0 Å². The SMILES string of the molecule is C#Cc1[c]ncc(Br)n1. The molecule has 0 aliphatic carbocycles. The number of nitrogens with zero attached hydrogens (tertiary/aromatic N) is 2. The number of hydrogen-bond acceptors (Lipinski definition) is 2. The minimum absolute atomic E-state index is 0.421. The van der Waals surface area contributed by atoms with Crippen LogP contribution in [0.15, 0.2) is 10.8 Å². The van der Waals surface area contributed by atoms with Gasteiger partial charge < -0.3 is 0 Å². The van der Waals surface area contributed by atoms with E-state index in [0.29, 0.717) is 10.3 Å². The van der Waals surface area contributed by atoms with Gasteiger partial charge in [-0.25, -0.2) is 9.97 Å². The molecule has 0 aliphatic heterocycles. The molecular formula is C6H2BrN2. The fraction of sp³-hybridized carbons (Fsp3) is 0. The van der Waals surface area contributed by atoms with Crippen molar-refractivity contribution in [2.24, 2.45) is 0 Å². The first-order valence-electron chi connectivity index (χ1n) is 2.20. The zero-order chi connectivity index (χ0) is 6.69. The Morgan fingerprint density at radius 2 is 2.56 bits per heavy atom. The van der Waals surface area contributed by atoms with Gasteiger partial charge in [-0.05, 0) is 21.9 Å². The lowest BCUT2D eigenvalue weighted by Gasteiger charge is -1.86. The smallest absolute Gasteiger partial charge is 0.142 e. The van der Waals surface area contributed by atoms with Gasteiger partial charge in [-0.1, -0.05) is 0 Å². The van der Waals surface area contributed by atoms with Crippen LogP contribution >= 0.6 is 15.9 Å². The maximum atomic E-state index is 5.01. The van der Waals surface area contributed by atoms with Gasteiger partial charge in [0.15, 0.2) is 0 Å². The zero-order valence-corrected chi connectivity index (χ0v) is 6.01. The fourth-order valence-corrected chi connectivity index (χ4v) is 0.652. The summed E-state index contributed by atoms with van der Waals surface area (Å²) in [6.45, 7) is 0. The zero-order valence-electron chi connectivity index (χ0n) is 4.43. The van der Waals surface area contributed by atoms with E-state index in [1.165, 1.54) is 6.20 Å². The van der Waals surface area contributed by atoms with Crippen LogP contribution in [0.25, 0.3) is 0 Å². The largest absolute Gasteiger partial charge is 0.249 e.